The molecule has 1 saturated heterocycles. The van der Waals surface area contributed by atoms with Gasteiger partial charge >= 0.3 is 6.09 Å². The third-order valence-electron chi connectivity index (χ3n) is 4.23. The Balaban J connectivity index is 2.11. The number of rotatable bonds is 2. The van der Waals surface area contributed by atoms with Gasteiger partial charge in [0.2, 0.25) is 0 Å². The summed E-state index contributed by atoms with van der Waals surface area (Å²) < 4.78 is 4.88. The van der Waals surface area contributed by atoms with Crippen molar-refractivity contribution >= 4 is 11.8 Å². The number of ether oxygens (including phenoxy) is 1. The monoisotopic (exact) mass is 290 g/mol. The van der Waals surface area contributed by atoms with E-state index in [1.807, 2.05) is 4.90 Å². The third kappa shape index (κ3) is 3.31. The maximum Gasteiger partial charge on any atom is 0.410 e. The Morgan fingerprint density at radius 2 is 1.67 bits per heavy atom. The fourth-order valence-electron chi connectivity index (χ4n) is 3.07. The molecule has 0 unspecified atom stereocenters. The van der Waals surface area contributed by atoms with Gasteiger partial charge in [-0.2, -0.15) is 0 Å². The predicted molar refractivity (Wildman–Crippen MR) is 85.9 cm³/mol. The highest BCUT2D eigenvalue weighted by Crippen LogP contribution is 2.25. The number of hydrogen-bond donors (Lipinski definition) is 0. The molecule has 0 aliphatic carbocycles. The molecule has 1 aliphatic heterocycles. The molecule has 0 N–H and O–H groups in total. The van der Waals surface area contributed by atoms with E-state index in [1.165, 1.54) is 18.4 Å². The Hall–Kier alpha value is -1.71. The molecule has 4 nitrogen and oxygen atoms in total. The van der Waals surface area contributed by atoms with Crippen molar-refractivity contribution in [1.82, 2.24) is 4.90 Å². The molecule has 1 amide bonds. The molecule has 0 bridgehead atoms. The average Bonchev–Trinajstić information content (AvgIpc) is 2.46. The van der Waals surface area contributed by atoms with E-state index in [1.54, 1.807) is 0 Å². The van der Waals surface area contributed by atoms with Crippen LogP contribution in [-0.2, 0) is 4.74 Å². The van der Waals surface area contributed by atoms with Gasteiger partial charge in [0.15, 0.2) is 0 Å². The van der Waals surface area contributed by atoms with Crippen molar-refractivity contribution in [1.29, 1.82) is 0 Å². The first-order chi connectivity index (χ1) is 9.93. The van der Waals surface area contributed by atoms with Crippen molar-refractivity contribution in [3.8, 4) is 0 Å². The van der Waals surface area contributed by atoms with E-state index in [2.05, 4.69) is 56.9 Å². The Bertz CT molecular complexity index is 472. The van der Waals surface area contributed by atoms with Crippen LogP contribution in [0.3, 0.4) is 0 Å². The lowest BCUT2D eigenvalue weighted by atomic mass is 10.0. The molecule has 1 aromatic carbocycles. The van der Waals surface area contributed by atoms with Crippen molar-refractivity contribution < 1.29 is 9.53 Å². The Labute approximate surface area is 127 Å². The number of carbonyl (C=O) groups is 1. The van der Waals surface area contributed by atoms with Crippen LogP contribution in [0.15, 0.2) is 24.3 Å². The number of piperazine rings is 1. The van der Waals surface area contributed by atoms with Gasteiger partial charge in [0.25, 0.3) is 0 Å². The standard InChI is InChI=1S/C17H26N2O2/c1-12(2)15-6-8-16(9-7-15)18-10-13(3)19(14(4)11-18)17(20)21-5/h6-9,12-14H,10-11H2,1-5H3/t13-,14-/m1/s1. The van der Waals surface area contributed by atoms with E-state index in [0.29, 0.717) is 5.92 Å². The van der Waals surface area contributed by atoms with Gasteiger partial charge in [0, 0.05) is 18.8 Å². The van der Waals surface area contributed by atoms with E-state index in [0.717, 1.165) is 13.1 Å². The van der Waals surface area contributed by atoms with Crippen LogP contribution >= 0.6 is 0 Å². The first-order valence-corrected chi connectivity index (χ1v) is 7.65. The fraction of sp³-hybridized carbons (Fsp3) is 0.588. The van der Waals surface area contributed by atoms with E-state index in [-0.39, 0.29) is 18.2 Å². The van der Waals surface area contributed by atoms with Gasteiger partial charge in [0.1, 0.15) is 0 Å². The highest BCUT2D eigenvalue weighted by atomic mass is 16.5. The van der Waals surface area contributed by atoms with Crippen molar-refractivity contribution in [2.24, 2.45) is 0 Å². The zero-order chi connectivity index (χ0) is 15.6. The van der Waals surface area contributed by atoms with E-state index < -0.39 is 0 Å². The molecule has 116 valence electrons. The Morgan fingerprint density at radius 3 is 2.10 bits per heavy atom. The molecular formula is C17H26N2O2. The number of amides is 1. The molecule has 1 fully saturated rings. The summed E-state index contributed by atoms with van der Waals surface area (Å²) in [4.78, 5) is 16.0. The van der Waals surface area contributed by atoms with Gasteiger partial charge in [-0.15, -0.1) is 0 Å². The molecule has 0 radical (unpaired) electrons. The molecular weight excluding hydrogens is 264 g/mol. The van der Waals surface area contributed by atoms with Gasteiger partial charge in [-0.05, 0) is 37.5 Å². The molecule has 0 saturated carbocycles. The molecule has 1 aliphatic rings. The largest absolute Gasteiger partial charge is 0.453 e. The lowest BCUT2D eigenvalue weighted by molar-refractivity contribution is 0.0820. The number of methoxy groups -OCH3 is 1. The molecule has 2 rings (SSSR count). The van der Waals surface area contributed by atoms with E-state index >= 15 is 0 Å². The number of anilines is 1. The molecule has 1 heterocycles. The highest BCUT2D eigenvalue weighted by molar-refractivity contribution is 5.69. The first-order valence-electron chi connectivity index (χ1n) is 7.65. The summed E-state index contributed by atoms with van der Waals surface area (Å²) in [5, 5.41) is 0. The van der Waals surface area contributed by atoms with Crippen LogP contribution in [0.25, 0.3) is 0 Å². The van der Waals surface area contributed by atoms with Crippen LogP contribution in [-0.4, -0.2) is 43.3 Å². The topological polar surface area (TPSA) is 32.8 Å². The number of benzene rings is 1. The van der Waals surface area contributed by atoms with Gasteiger partial charge in [0.05, 0.1) is 19.2 Å². The summed E-state index contributed by atoms with van der Waals surface area (Å²) in [6.45, 7) is 10.2. The molecule has 4 heteroatoms. The Kier molecular flexibility index (Phi) is 4.76. The fourth-order valence-corrected chi connectivity index (χ4v) is 3.07. The summed E-state index contributed by atoms with van der Waals surface area (Å²) in [5.74, 6) is 0.549. The summed E-state index contributed by atoms with van der Waals surface area (Å²) in [7, 11) is 1.44. The summed E-state index contributed by atoms with van der Waals surface area (Å²) in [6, 6.07) is 9.05. The van der Waals surface area contributed by atoms with Crippen LogP contribution < -0.4 is 4.90 Å². The van der Waals surface area contributed by atoms with E-state index in [9.17, 15) is 4.79 Å². The molecule has 0 aromatic heterocycles. The van der Waals surface area contributed by atoms with Gasteiger partial charge in [-0.1, -0.05) is 26.0 Å². The minimum atomic E-state index is -0.232. The SMILES string of the molecule is COC(=O)N1[C@H](C)CN(c2ccc(C(C)C)cc2)C[C@H]1C. The maximum absolute atomic E-state index is 11.8. The van der Waals surface area contributed by atoms with Crippen LogP contribution in [0, 0.1) is 0 Å². The predicted octanol–water partition coefficient (Wildman–Crippen LogP) is 3.48. The second-order valence-corrected chi connectivity index (χ2v) is 6.23. The normalized spacial score (nSPS) is 22.6. The second-order valence-electron chi connectivity index (χ2n) is 6.23. The average molecular weight is 290 g/mol. The minimum Gasteiger partial charge on any atom is -0.453 e. The third-order valence-corrected chi connectivity index (χ3v) is 4.23. The molecule has 1 aromatic rings. The molecule has 21 heavy (non-hydrogen) atoms. The molecule has 0 spiro atoms. The lowest BCUT2D eigenvalue weighted by Crippen LogP contribution is -2.58. The van der Waals surface area contributed by atoms with Crippen molar-refractivity contribution in [3.63, 3.8) is 0 Å². The van der Waals surface area contributed by atoms with Gasteiger partial charge < -0.3 is 9.64 Å². The quantitative estimate of drug-likeness (QED) is 0.836. The number of carbonyl (C=O) groups excluding carboxylic acids is 1. The molecule has 2 atom stereocenters. The van der Waals surface area contributed by atoms with Crippen LogP contribution in [0.1, 0.15) is 39.2 Å². The first kappa shape index (κ1) is 15.7. The van der Waals surface area contributed by atoms with Crippen molar-refractivity contribution in [2.75, 3.05) is 25.1 Å². The zero-order valence-corrected chi connectivity index (χ0v) is 13.7. The summed E-state index contributed by atoms with van der Waals surface area (Å²) >= 11 is 0. The van der Waals surface area contributed by atoms with Crippen LogP contribution in [0.2, 0.25) is 0 Å². The van der Waals surface area contributed by atoms with Crippen molar-refractivity contribution in [2.45, 2.75) is 45.7 Å². The minimum absolute atomic E-state index is 0.144. The lowest BCUT2D eigenvalue weighted by Gasteiger charge is -2.44. The second kappa shape index (κ2) is 6.37. The van der Waals surface area contributed by atoms with Crippen LogP contribution in [0.5, 0.6) is 0 Å². The number of hydrogen-bond acceptors (Lipinski definition) is 3. The summed E-state index contributed by atoms with van der Waals surface area (Å²) in [6.07, 6.45) is -0.232. The smallest absolute Gasteiger partial charge is 0.410 e. The summed E-state index contributed by atoms with van der Waals surface area (Å²) in [5.41, 5.74) is 2.58. The van der Waals surface area contributed by atoms with Gasteiger partial charge in [-0.25, -0.2) is 4.79 Å². The van der Waals surface area contributed by atoms with E-state index in [4.69, 9.17) is 4.74 Å². The maximum atomic E-state index is 11.8. The number of nitrogens with zero attached hydrogens (tertiary/aromatic N) is 2. The van der Waals surface area contributed by atoms with Crippen LogP contribution in [0.4, 0.5) is 10.5 Å². The highest BCUT2D eigenvalue weighted by Gasteiger charge is 2.33. The van der Waals surface area contributed by atoms with Gasteiger partial charge in [-0.3, -0.25) is 4.90 Å². The Morgan fingerprint density at radius 1 is 1.14 bits per heavy atom. The zero-order valence-electron chi connectivity index (χ0n) is 13.7. The van der Waals surface area contributed by atoms with Crippen molar-refractivity contribution in [3.05, 3.63) is 29.8 Å².